The summed E-state index contributed by atoms with van der Waals surface area (Å²) in [5.74, 6) is -0.848. The van der Waals surface area contributed by atoms with Gasteiger partial charge in [0.25, 0.3) is 0 Å². The third kappa shape index (κ3) is 2.88. The third-order valence-electron chi connectivity index (χ3n) is 2.14. The predicted octanol–water partition coefficient (Wildman–Crippen LogP) is 3.57. The van der Waals surface area contributed by atoms with E-state index in [0.717, 1.165) is 12.4 Å². The Balaban J connectivity index is 2.46. The van der Waals surface area contributed by atoms with Gasteiger partial charge in [-0.25, -0.2) is 14.4 Å². The van der Waals surface area contributed by atoms with Crippen molar-refractivity contribution in [3.05, 3.63) is 50.6 Å². The zero-order valence-electron chi connectivity index (χ0n) is 9.10. The van der Waals surface area contributed by atoms with Crippen LogP contribution in [0.4, 0.5) is 21.6 Å². The molecule has 9 heteroatoms. The van der Waals surface area contributed by atoms with Gasteiger partial charge in [0, 0.05) is 5.02 Å². The molecule has 0 aliphatic heterocycles. The van der Waals surface area contributed by atoms with Crippen LogP contribution < -0.4 is 5.32 Å². The van der Waals surface area contributed by atoms with Gasteiger partial charge in [0.2, 0.25) is 11.0 Å². The molecule has 0 bridgehead atoms. The number of halogens is 3. The molecule has 0 saturated heterocycles. The minimum absolute atomic E-state index is 0.0506. The van der Waals surface area contributed by atoms with E-state index >= 15 is 0 Å². The van der Waals surface area contributed by atoms with E-state index in [1.54, 1.807) is 0 Å². The second-order valence-electron chi connectivity index (χ2n) is 3.37. The van der Waals surface area contributed by atoms with Crippen molar-refractivity contribution in [2.75, 3.05) is 5.32 Å². The molecule has 0 amide bonds. The van der Waals surface area contributed by atoms with Crippen LogP contribution in [0.25, 0.3) is 0 Å². The van der Waals surface area contributed by atoms with E-state index in [1.807, 2.05) is 0 Å². The van der Waals surface area contributed by atoms with Crippen LogP contribution in [-0.4, -0.2) is 14.9 Å². The zero-order chi connectivity index (χ0) is 14.0. The highest BCUT2D eigenvalue weighted by Crippen LogP contribution is 2.32. The van der Waals surface area contributed by atoms with Gasteiger partial charge in [0.05, 0.1) is 10.6 Å². The Bertz CT molecular complexity index is 653. The van der Waals surface area contributed by atoms with Gasteiger partial charge < -0.3 is 5.32 Å². The molecule has 19 heavy (non-hydrogen) atoms. The summed E-state index contributed by atoms with van der Waals surface area (Å²) < 4.78 is 13.5. The lowest BCUT2D eigenvalue weighted by molar-refractivity contribution is -0.384. The van der Waals surface area contributed by atoms with Crippen molar-refractivity contribution in [1.82, 2.24) is 9.97 Å². The Morgan fingerprint density at radius 2 is 2.05 bits per heavy atom. The Labute approximate surface area is 116 Å². The number of nitrogens with zero attached hydrogens (tertiary/aromatic N) is 3. The van der Waals surface area contributed by atoms with Crippen LogP contribution in [-0.2, 0) is 0 Å². The lowest BCUT2D eigenvalue weighted by Gasteiger charge is -2.07. The number of nitrogens with one attached hydrogen (secondary N) is 1. The molecule has 0 aliphatic rings. The van der Waals surface area contributed by atoms with Crippen LogP contribution in [0, 0.1) is 15.9 Å². The standard InChI is InChI=1S/C10H5Cl2FN4O2/c11-5-1-2-6(13)7(3-5)16-10-8(17(18)19)9(12)14-4-15-10/h1-4H,(H,14,15,16). The van der Waals surface area contributed by atoms with Crippen molar-refractivity contribution < 1.29 is 9.31 Å². The summed E-state index contributed by atoms with van der Waals surface area (Å²) in [5, 5.41) is 13.3. The number of anilines is 2. The van der Waals surface area contributed by atoms with Crippen molar-refractivity contribution in [3.8, 4) is 0 Å². The molecule has 1 heterocycles. The number of nitro groups is 1. The van der Waals surface area contributed by atoms with E-state index in [9.17, 15) is 14.5 Å². The smallest absolute Gasteiger partial charge is 0.332 e. The average molecular weight is 303 g/mol. The maximum absolute atomic E-state index is 13.5. The molecule has 0 spiro atoms. The van der Waals surface area contributed by atoms with Gasteiger partial charge in [-0.05, 0) is 18.2 Å². The minimum atomic E-state index is -0.757. The first kappa shape index (κ1) is 13.4. The lowest BCUT2D eigenvalue weighted by atomic mass is 10.3. The maximum Gasteiger partial charge on any atom is 0.348 e. The molecule has 0 radical (unpaired) electrons. The topological polar surface area (TPSA) is 81.0 Å². The summed E-state index contributed by atoms with van der Waals surface area (Å²) >= 11 is 11.3. The SMILES string of the molecule is O=[N+]([O-])c1c(Cl)ncnc1Nc1cc(Cl)ccc1F. The van der Waals surface area contributed by atoms with Crippen molar-refractivity contribution in [1.29, 1.82) is 0 Å². The first-order chi connectivity index (χ1) is 8.99. The fourth-order valence-electron chi connectivity index (χ4n) is 1.33. The molecular weight excluding hydrogens is 298 g/mol. The Morgan fingerprint density at radius 3 is 2.74 bits per heavy atom. The molecule has 0 aliphatic carbocycles. The second-order valence-corrected chi connectivity index (χ2v) is 4.16. The fraction of sp³-hybridized carbons (Fsp3) is 0. The highest BCUT2D eigenvalue weighted by atomic mass is 35.5. The molecule has 6 nitrogen and oxygen atoms in total. The zero-order valence-corrected chi connectivity index (χ0v) is 10.6. The van der Waals surface area contributed by atoms with Crippen molar-refractivity contribution in [2.24, 2.45) is 0 Å². The molecule has 2 rings (SSSR count). The van der Waals surface area contributed by atoms with Gasteiger partial charge in [0.1, 0.15) is 12.1 Å². The summed E-state index contributed by atoms with van der Waals surface area (Å²) in [6.07, 6.45) is 1.03. The van der Waals surface area contributed by atoms with Crippen molar-refractivity contribution in [3.63, 3.8) is 0 Å². The largest absolute Gasteiger partial charge is 0.348 e. The highest BCUT2D eigenvalue weighted by molar-refractivity contribution is 6.32. The van der Waals surface area contributed by atoms with Crippen molar-refractivity contribution >= 4 is 40.4 Å². The summed E-state index contributed by atoms with van der Waals surface area (Å²) in [5.41, 5.74) is -0.589. The van der Waals surface area contributed by atoms with Gasteiger partial charge in [-0.2, -0.15) is 0 Å². The number of hydrogen-bond donors (Lipinski definition) is 1. The number of aromatic nitrogens is 2. The normalized spacial score (nSPS) is 10.3. The number of hydrogen-bond acceptors (Lipinski definition) is 5. The van der Waals surface area contributed by atoms with Gasteiger partial charge in [-0.1, -0.05) is 23.2 Å². The summed E-state index contributed by atoms with van der Waals surface area (Å²) in [6, 6.07) is 3.75. The molecule has 0 saturated carbocycles. The number of benzene rings is 1. The number of rotatable bonds is 3. The molecule has 0 atom stereocenters. The summed E-state index contributed by atoms with van der Waals surface area (Å²) in [4.78, 5) is 17.3. The Hall–Kier alpha value is -1.99. The van der Waals surface area contributed by atoms with Gasteiger partial charge >= 0.3 is 5.69 Å². The molecule has 0 fully saturated rings. The summed E-state index contributed by atoms with van der Waals surface area (Å²) in [6.45, 7) is 0. The van der Waals surface area contributed by atoms with E-state index in [-0.39, 0.29) is 21.7 Å². The second kappa shape index (κ2) is 5.33. The van der Waals surface area contributed by atoms with Crippen LogP contribution in [0.15, 0.2) is 24.5 Å². The van der Waals surface area contributed by atoms with Crippen LogP contribution >= 0.6 is 23.2 Å². The van der Waals surface area contributed by atoms with Crippen LogP contribution in [0.1, 0.15) is 0 Å². The first-order valence-corrected chi connectivity index (χ1v) is 5.61. The molecule has 1 N–H and O–H groups in total. The molecule has 1 aromatic heterocycles. The van der Waals surface area contributed by atoms with E-state index < -0.39 is 16.4 Å². The van der Waals surface area contributed by atoms with Gasteiger partial charge in [-0.3, -0.25) is 10.1 Å². The van der Waals surface area contributed by atoms with Crippen LogP contribution in [0.5, 0.6) is 0 Å². The first-order valence-electron chi connectivity index (χ1n) is 4.86. The van der Waals surface area contributed by atoms with Crippen LogP contribution in [0.2, 0.25) is 10.2 Å². The van der Waals surface area contributed by atoms with Crippen molar-refractivity contribution in [2.45, 2.75) is 0 Å². The molecule has 1 aromatic carbocycles. The van der Waals surface area contributed by atoms with E-state index in [2.05, 4.69) is 15.3 Å². The Kier molecular flexibility index (Phi) is 3.77. The predicted molar refractivity (Wildman–Crippen MR) is 68.4 cm³/mol. The van der Waals surface area contributed by atoms with Crippen LogP contribution in [0.3, 0.4) is 0 Å². The molecular formula is C10H5Cl2FN4O2. The molecule has 0 unspecified atom stereocenters. The monoisotopic (exact) mass is 302 g/mol. The quantitative estimate of drug-likeness (QED) is 0.532. The fourth-order valence-corrected chi connectivity index (χ4v) is 1.71. The Morgan fingerprint density at radius 1 is 1.32 bits per heavy atom. The maximum atomic E-state index is 13.5. The average Bonchev–Trinajstić information content (AvgIpc) is 2.33. The van der Waals surface area contributed by atoms with E-state index in [0.29, 0.717) is 0 Å². The van der Waals surface area contributed by atoms with Gasteiger partial charge in [0.15, 0.2) is 0 Å². The lowest BCUT2D eigenvalue weighted by Crippen LogP contribution is -2.02. The highest BCUT2D eigenvalue weighted by Gasteiger charge is 2.22. The summed E-state index contributed by atoms with van der Waals surface area (Å²) in [7, 11) is 0. The molecule has 98 valence electrons. The van der Waals surface area contributed by atoms with E-state index in [4.69, 9.17) is 23.2 Å². The minimum Gasteiger partial charge on any atom is -0.332 e. The van der Waals surface area contributed by atoms with Gasteiger partial charge in [-0.15, -0.1) is 0 Å². The van der Waals surface area contributed by atoms with E-state index in [1.165, 1.54) is 12.1 Å². The third-order valence-corrected chi connectivity index (χ3v) is 2.65. The molecule has 2 aromatic rings.